The van der Waals surface area contributed by atoms with Crippen molar-refractivity contribution in [2.24, 2.45) is 35.5 Å². The molecule has 1 aromatic rings. The Morgan fingerprint density at radius 2 is 1.43 bits per heavy atom. The van der Waals surface area contributed by atoms with E-state index >= 15 is 0 Å². The SMILES string of the molecule is O=C1[C@@H]2[C@@H]3C=C[C@H]([C@H]4C[C@H]34)[C@@H]2C(=O)N1c1ccc(Cl)cc1. The van der Waals surface area contributed by atoms with E-state index in [9.17, 15) is 9.59 Å². The summed E-state index contributed by atoms with van der Waals surface area (Å²) in [4.78, 5) is 27.0. The molecule has 1 aliphatic heterocycles. The number of carbonyl (C=O) groups is 2. The zero-order chi connectivity index (χ0) is 14.3. The van der Waals surface area contributed by atoms with Gasteiger partial charge in [-0.05, 0) is 54.4 Å². The van der Waals surface area contributed by atoms with Crippen molar-refractivity contribution < 1.29 is 9.59 Å². The fourth-order valence-electron chi connectivity index (χ4n) is 4.80. The van der Waals surface area contributed by atoms with Crippen molar-refractivity contribution in [2.75, 3.05) is 4.90 Å². The number of benzene rings is 1. The number of allylic oxidation sites excluding steroid dienone is 2. The summed E-state index contributed by atoms with van der Waals surface area (Å²) in [7, 11) is 0. The minimum Gasteiger partial charge on any atom is -0.274 e. The number of anilines is 1. The molecule has 0 unspecified atom stereocenters. The third-order valence-electron chi connectivity index (χ3n) is 5.75. The molecule has 6 rings (SSSR count). The van der Waals surface area contributed by atoms with Gasteiger partial charge in [-0.2, -0.15) is 0 Å². The Hall–Kier alpha value is -1.61. The molecule has 0 radical (unpaired) electrons. The third-order valence-corrected chi connectivity index (χ3v) is 6.00. The summed E-state index contributed by atoms with van der Waals surface area (Å²) in [5.41, 5.74) is 0.650. The van der Waals surface area contributed by atoms with E-state index in [-0.39, 0.29) is 35.5 Å². The second-order valence-electron chi connectivity index (χ2n) is 6.64. The van der Waals surface area contributed by atoms with Crippen molar-refractivity contribution in [2.45, 2.75) is 6.42 Å². The van der Waals surface area contributed by atoms with Crippen molar-refractivity contribution in [3.05, 3.63) is 41.4 Å². The van der Waals surface area contributed by atoms with Crippen LogP contribution in [-0.4, -0.2) is 11.8 Å². The van der Waals surface area contributed by atoms with Crippen LogP contribution in [0.1, 0.15) is 6.42 Å². The molecule has 1 saturated heterocycles. The Morgan fingerprint density at radius 3 is 1.95 bits per heavy atom. The van der Waals surface area contributed by atoms with Gasteiger partial charge in [0.1, 0.15) is 0 Å². The van der Waals surface area contributed by atoms with Crippen molar-refractivity contribution in [1.82, 2.24) is 0 Å². The highest BCUT2D eigenvalue weighted by Gasteiger charge is 2.67. The first-order valence-corrected chi connectivity index (χ1v) is 7.86. The average Bonchev–Trinajstić information content (AvgIpc) is 3.26. The van der Waals surface area contributed by atoms with Crippen LogP contribution in [0.5, 0.6) is 0 Å². The number of carbonyl (C=O) groups excluding carboxylic acids is 2. The molecular formula is C17H14ClNO2. The Kier molecular flexibility index (Phi) is 2.15. The lowest BCUT2D eigenvalue weighted by atomic mass is 9.63. The van der Waals surface area contributed by atoms with Crippen LogP contribution in [0.25, 0.3) is 0 Å². The molecule has 6 atom stereocenters. The molecule has 2 bridgehead atoms. The second kappa shape index (κ2) is 3.77. The fraction of sp³-hybridized carbons (Fsp3) is 0.412. The Morgan fingerprint density at radius 1 is 0.905 bits per heavy atom. The largest absolute Gasteiger partial charge is 0.274 e. The molecule has 4 aliphatic carbocycles. The number of imide groups is 1. The standard InChI is InChI=1S/C17H14ClNO2/c18-8-1-3-9(4-2-8)19-16(20)14-10-5-6-11(13-7-12(10)13)15(14)17(19)21/h1-6,10-15H,7H2/t10-,11-,12-,13-,14-,15+/m1/s1. The van der Waals surface area contributed by atoms with Gasteiger partial charge in [-0.15, -0.1) is 0 Å². The Labute approximate surface area is 127 Å². The number of nitrogens with zero attached hydrogens (tertiary/aromatic N) is 1. The van der Waals surface area contributed by atoms with Crippen LogP contribution in [0.4, 0.5) is 5.69 Å². The van der Waals surface area contributed by atoms with E-state index in [1.807, 2.05) is 0 Å². The van der Waals surface area contributed by atoms with Crippen LogP contribution in [0, 0.1) is 35.5 Å². The van der Waals surface area contributed by atoms with Gasteiger partial charge in [-0.3, -0.25) is 14.5 Å². The van der Waals surface area contributed by atoms with Gasteiger partial charge in [0.05, 0.1) is 17.5 Å². The molecule has 3 fully saturated rings. The van der Waals surface area contributed by atoms with Gasteiger partial charge in [-0.1, -0.05) is 23.8 Å². The van der Waals surface area contributed by atoms with Crippen molar-refractivity contribution in [3.63, 3.8) is 0 Å². The first-order chi connectivity index (χ1) is 10.2. The molecule has 21 heavy (non-hydrogen) atoms. The van der Waals surface area contributed by atoms with E-state index in [0.717, 1.165) is 0 Å². The van der Waals surface area contributed by atoms with Crippen molar-refractivity contribution in [1.29, 1.82) is 0 Å². The maximum atomic E-state index is 12.8. The summed E-state index contributed by atoms with van der Waals surface area (Å²) in [5.74, 6) is 1.54. The Bertz CT molecular complexity index is 659. The highest BCUT2D eigenvalue weighted by Crippen LogP contribution is 2.65. The molecule has 2 saturated carbocycles. The zero-order valence-electron chi connectivity index (χ0n) is 11.3. The van der Waals surface area contributed by atoms with Gasteiger partial charge in [0.2, 0.25) is 11.8 Å². The molecule has 1 heterocycles. The molecule has 4 heteroatoms. The normalized spacial score (nSPS) is 42.2. The van der Waals surface area contributed by atoms with E-state index < -0.39 is 0 Å². The quantitative estimate of drug-likeness (QED) is 0.591. The van der Waals surface area contributed by atoms with Crippen LogP contribution in [0.3, 0.4) is 0 Å². The van der Waals surface area contributed by atoms with E-state index in [2.05, 4.69) is 12.2 Å². The molecule has 5 aliphatic rings. The maximum absolute atomic E-state index is 12.8. The average molecular weight is 300 g/mol. The zero-order valence-corrected chi connectivity index (χ0v) is 12.0. The van der Waals surface area contributed by atoms with Crippen LogP contribution in [0.15, 0.2) is 36.4 Å². The Balaban J connectivity index is 1.58. The van der Waals surface area contributed by atoms with Crippen LogP contribution in [0.2, 0.25) is 5.02 Å². The number of rotatable bonds is 1. The lowest BCUT2D eigenvalue weighted by molar-refractivity contribution is -0.124. The van der Waals surface area contributed by atoms with Gasteiger partial charge >= 0.3 is 0 Å². The summed E-state index contributed by atoms with van der Waals surface area (Å²) >= 11 is 5.90. The summed E-state index contributed by atoms with van der Waals surface area (Å²) < 4.78 is 0. The topological polar surface area (TPSA) is 37.4 Å². The minimum absolute atomic E-state index is 0.0166. The highest BCUT2D eigenvalue weighted by molar-refractivity contribution is 6.30. The van der Waals surface area contributed by atoms with Crippen LogP contribution < -0.4 is 4.90 Å². The molecule has 0 aromatic heterocycles. The number of amides is 2. The minimum atomic E-state index is -0.132. The summed E-state index contributed by atoms with van der Waals surface area (Å²) in [6.07, 6.45) is 5.57. The lowest BCUT2D eigenvalue weighted by Crippen LogP contribution is -2.40. The third kappa shape index (κ3) is 1.40. The molecule has 0 spiro atoms. The van der Waals surface area contributed by atoms with Gasteiger partial charge < -0.3 is 0 Å². The molecule has 3 nitrogen and oxygen atoms in total. The van der Waals surface area contributed by atoms with E-state index in [0.29, 0.717) is 22.5 Å². The lowest BCUT2D eigenvalue weighted by Gasteiger charge is -2.37. The predicted octanol–water partition coefficient (Wildman–Crippen LogP) is 2.90. The second-order valence-corrected chi connectivity index (χ2v) is 7.08. The summed E-state index contributed by atoms with van der Waals surface area (Å²) in [6.45, 7) is 0. The van der Waals surface area contributed by atoms with Gasteiger partial charge in [-0.25, -0.2) is 0 Å². The van der Waals surface area contributed by atoms with Crippen LogP contribution in [-0.2, 0) is 9.59 Å². The highest BCUT2D eigenvalue weighted by atomic mass is 35.5. The van der Waals surface area contributed by atoms with Gasteiger partial charge in [0.15, 0.2) is 0 Å². The van der Waals surface area contributed by atoms with Crippen molar-refractivity contribution >= 4 is 29.1 Å². The monoisotopic (exact) mass is 299 g/mol. The van der Waals surface area contributed by atoms with E-state index in [4.69, 9.17) is 11.6 Å². The first kappa shape index (κ1) is 12.0. The van der Waals surface area contributed by atoms with Gasteiger partial charge in [0, 0.05) is 5.02 Å². The van der Waals surface area contributed by atoms with Crippen molar-refractivity contribution in [3.8, 4) is 0 Å². The van der Waals surface area contributed by atoms with E-state index in [1.165, 1.54) is 11.3 Å². The maximum Gasteiger partial charge on any atom is 0.238 e. The number of hydrogen-bond donors (Lipinski definition) is 0. The van der Waals surface area contributed by atoms with E-state index in [1.54, 1.807) is 24.3 Å². The number of hydrogen-bond acceptors (Lipinski definition) is 2. The summed E-state index contributed by atoms with van der Waals surface area (Å²) in [5, 5.41) is 0.609. The molecule has 2 amide bonds. The first-order valence-electron chi connectivity index (χ1n) is 7.48. The predicted molar refractivity (Wildman–Crippen MR) is 78.6 cm³/mol. The molecule has 1 aromatic carbocycles. The smallest absolute Gasteiger partial charge is 0.238 e. The van der Waals surface area contributed by atoms with Gasteiger partial charge in [0.25, 0.3) is 0 Å². The fourth-order valence-corrected chi connectivity index (χ4v) is 4.93. The summed E-state index contributed by atoms with van der Waals surface area (Å²) in [6, 6.07) is 6.96. The van der Waals surface area contributed by atoms with Crippen LogP contribution >= 0.6 is 11.6 Å². The molecule has 0 N–H and O–H groups in total. The molecule has 106 valence electrons. The number of halogens is 1. The molecular weight excluding hydrogens is 286 g/mol.